The van der Waals surface area contributed by atoms with Crippen molar-refractivity contribution < 1.29 is 0 Å². The van der Waals surface area contributed by atoms with Crippen LogP contribution in [-0.4, -0.2) is 29.9 Å². The molecule has 2 aliphatic rings. The van der Waals surface area contributed by atoms with E-state index in [0.717, 1.165) is 5.92 Å². The summed E-state index contributed by atoms with van der Waals surface area (Å²) in [5, 5.41) is 1.19. The Balaban J connectivity index is 1.60. The lowest BCUT2D eigenvalue weighted by atomic mass is 9.82. The Labute approximate surface area is 138 Å². The first kappa shape index (κ1) is 15.6. The maximum atomic E-state index is 3.84. The molecule has 0 radical (unpaired) electrons. The van der Waals surface area contributed by atoms with Crippen LogP contribution in [-0.2, 0) is 0 Å². The van der Waals surface area contributed by atoms with Crippen molar-refractivity contribution in [3.05, 3.63) is 35.9 Å². The highest BCUT2D eigenvalue weighted by Gasteiger charge is 2.34. The standard InChI is InChI=1S/C19H28BrN/c20-15-19(11-6-1-2-7-12-19)16-21-13-10-18(14-21)17-8-4-3-5-9-17/h3-5,8-9,18H,1-2,6-7,10-16H2. The SMILES string of the molecule is BrCC1(CN2CCC(c3ccccc3)C2)CCCCCC1. The van der Waals surface area contributed by atoms with Gasteiger partial charge in [-0.2, -0.15) is 0 Å². The van der Waals surface area contributed by atoms with Gasteiger partial charge in [0.1, 0.15) is 0 Å². The lowest BCUT2D eigenvalue weighted by Crippen LogP contribution is -2.37. The average Bonchev–Trinajstić information content (AvgIpc) is 2.86. The highest BCUT2D eigenvalue weighted by molar-refractivity contribution is 9.09. The predicted molar refractivity (Wildman–Crippen MR) is 94.2 cm³/mol. The fourth-order valence-electron chi connectivity index (χ4n) is 4.26. The Hall–Kier alpha value is -0.340. The van der Waals surface area contributed by atoms with Gasteiger partial charge in [-0.15, -0.1) is 0 Å². The third kappa shape index (κ3) is 3.90. The maximum absolute atomic E-state index is 3.84. The molecule has 1 aromatic carbocycles. The minimum absolute atomic E-state index is 0.544. The van der Waals surface area contributed by atoms with Crippen LogP contribution in [0.15, 0.2) is 30.3 Å². The monoisotopic (exact) mass is 349 g/mol. The fourth-order valence-corrected chi connectivity index (χ4v) is 5.00. The number of benzene rings is 1. The summed E-state index contributed by atoms with van der Waals surface area (Å²) < 4.78 is 0. The van der Waals surface area contributed by atoms with Crippen LogP contribution in [0.4, 0.5) is 0 Å². The molecule has 1 aliphatic carbocycles. The van der Waals surface area contributed by atoms with Gasteiger partial charge >= 0.3 is 0 Å². The van der Waals surface area contributed by atoms with Gasteiger partial charge in [-0.05, 0) is 42.7 Å². The van der Waals surface area contributed by atoms with E-state index < -0.39 is 0 Å². The van der Waals surface area contributed by atoms with E-state index in [1.807, 2.05) is 0 Å². The third-order valence-electron chi connectivity index (χ3n) is 5.55. The van der Waals surface area contributed by atoms with Crippen molar-refractivity contribution in [1.29, 1.82) is 0 Å². The van der Waals surface area contributed by atoms with Gasteiger partial charge in [-0.25, -0.2) is 0 Å². The van der Waals surface area contributed by atoms with Crippen LogP contribution in [0.3, 0.4) is 0 Å². The first-order valence-electron chi connectivity index (χ1n) is 8.65. The van der Waals surface area contributed by atoms with Gasteiger partial charge < -0.3 is 4.90 Å². The van der Waals surface area contributed by atoms with Gasteiger partial charge in [0, 0.05) is 18.4 Å². The molecule has 116 valence electrons. The Kier molecular flexibility index (Phi) is 5.39. The van der Waals surface area contributed by atoms with Gasteiger partial charge in [0.05, 0.1) is 0 Å². The normalized spacial score (nSPS) is 26.6. The zero-order valence-corrected chi connectivity index (χ0v) is 14.7. The second-order valence-electron chi connectivity index (χ2n) is 7.18. The lowest BCUT2D eigenvalue weighted by molar-refractivity contribution is 0.174. The van der Waals surface area contributed by atoms with Crippen LogP contribution in [0, 0.1) is 5.41 Å². The maximum Gasteiger partial charge on any atom is 0.0100 e. The zero-order valence-electron chi connectivity index (χ0n) is 13.1. The number of rotatable bonds is 4. The van der Waals surface area contributed by atoms with Gasteiger partial charge in [0.15, 0.2) is 0 Å². The predicted octanol–water partition coefficient (Wildman–Crippen LogP) is 5.21. The van der Waals surface area contributed by atoms with Crippen molar-refractivity contribution in [2.24, 2.45) is 5.41 Å². The van der Waals surface area contributed by atoms with E-state index in [0.29, 0.717) is 5.41 Å². The number of halogens is 1. The molecule has 1 saturated carbocycles. The summed E-state index contributed by atoms with van der Waals surface area (Å²) in [7, 11) is 0. The fraction of sp³-hybridized carbons (Fsp3) is 0.684. The van der Waals surface area contributed by atoms with Crippen LogP contribution in [0.5, 0.6) is 0 Å². The first-order chi connectivity index (χ1) is 10.3. The van der Waals surface area contributed by atoms with Crippen molar-refractivity contribution >= 4 is 15.9 Å². The minimum atomic E-state index is 0.544. The van der Waals surface area contributed by atoms with Crippen LogP contribution in [0.2, 0.25) is 0 Å². The second-order valence-corrected chi connectivity index (χ2v) is 7.74. The number of hydrogen-bond donors (Lipinski definition) is 0. The molecule has 21 heavy (non-hydrogen) atoms. The molecule has 0 spiro atoms. The quantitative estimate of drug-likeness (QED) is 0.532. The summed E-state index contributed by atoms with van der Waals surface area (Å²) in [4.78, 5) is 2.74. The lowest BCUT2D eigenvalue weighted by Gasteiger charge is -2.35. The Morgan fingerprint density at radius 2 is 1.76 bits per heavy atom. The van der Waals surface area contributed by atoms with E-state index in [9.17, 15) is 0 Å². The van der Waals surface area contributed by atoms with Crippen LogP contribution >= 0.6 is 15.9 Å². The summed E-state index contributed by atoms with van der Waals surface area (Å²) in [6.07, 6.45) is 9.93. The molecule has 2 heteroatoms. The Morgan fingerprint density at radius 1 is 1.05 bits per heavy atom. The molecule has 1 saturated heterocycles. The Morgan fingerprint density at radius 3 is 2.43 bits per heavy atom. The topological polar surface area (TPSA) is 3.24 Å². The van der Waals surface area contributed by atoms with E-state index in [1.165, 1.54) is 75.5 Å². The van der Waals surface area contributed by atoms with E-state index >= 15 is 0 Å². The van der Waals surface area contributed by atoms with Gasteiger partial charge in [0.25, 0.3) is 0 Å². The first-order valence-corrected chi connectivity index (χ1v) is 9.77. The summed E-state index contributed by atoms with van der Waals surface area (Å²) in [5.74, 6) is 0.754. The number of nitrogens with zero attached hydrogens (tertiary/aromatic N) is 1. The van der Waals surface area contributed by atoms with Crippen molar-refractivity contribution in [3.63, 3.8) is 0 Å². The minimum Gasteiger partial charge on any atom is -0.302 e. The molecule has 0 amide bonds. The molecule has 3 rings (SSSR count). The third-order valence-corrected chi connectivity index (χ3v) is 6.74. The molecule has 1 aromatic rings. The summed E-state index contributed by atoms with van der Waals surface area (Å²) >= 11 is 3.84. The van der Waals surface area contributed by atoms with Crippen molar-refractivity contribution in [2.75, 3.05) is 25.0 Å². The van der Waals surface area contributed by atoms with Crippen LogP contribution in [0.1, 0.15) is 56.4 Å². The van der Waals surface area contributed by atoms with Gasteiger partial charge in [0.2, 0.25) is 0 Å². The number of likely N-dealkylation sites (tertiary alicyclic amines) is 1. The molecular formula is C19H28BrN. The number of alkyl halides is 1. The second kappa shape index (κ2) is 7.28. The molecule has 1 heterocycles. The highest BCUT2D eigenvalue weighted by atomic mass is 79.9. The molecule has 0 bridgehead atoms. The largest absolute Gasteiger partial charge is 0.302 e. The van der Waals surface area contributed by atoms with Crippen molar-refractivity contribution in [2.45, 2.75) is 50.9 Å². The molecule has 0 N–H and O–H groups in total. The average molecular weight is 350 g/mol. The molecule has 1 unspecified atom stereocenters. The smallest absolute Gasteiger partial charge is 0.0100 e. The van der Waals surface area contributed by atoms with Gasteiger partial charge in [-0.3, -0.25) is 0 Å². The van der Waals surface area contributed by atoms with E-state index in [1.54, 1.807) is 0 Å². The zero-order chi connectivity index (χ0) is 14.5. The molecule has 0 aromatic heterocycles. The molecule has 1 atom stereocenters. The molecule has 1 nitrogen and oxygen atoms in total. The van der Waals surface area contributed by atoms with E-state index in [-0.39, 0.29) is 0 Å². The summed E-state index contributed by atoms with van der Waals surface area (Å²) in [6, 6.07) is 11.1. The van der Waals surface area contributed by atoms with Crippen LogP contribution in [0.25, 0.3) is 0 Å². The van der Waals surface area contributed by atoms with E-state index in [2.05, 4.69) is 51.2 Å². The van der Waals surface area contributed by atoms with Crippen LogP contribution < -0.4 is 0 Å². The summed E-state index contributed by atoms with van der Waals surface area (Å²) in [5.41, 5.74) is 2.08. The van der Waals surface area contributed by atoms with Crippen molar-refractivity contribution in [1.82, 2.24) is 4.90 Å². The van der Waals surface area contributed by atoms with Gasteiger partial charge in [-0.1, -0.05) is 71.9 Å². The molecular weight excluding hydrogens is 322 g/mol. The molecule has 1 aliphatic heterocycles. The number of hydrogen-bond acceptors (Lipinski definition) is 1. The van der Waals surface area contributed by atoms with E-state index in [4.69, 9.17) is 0 Å². The molecule has 2 fully saturated rings. The highest BCUT2D eigenvalue weighted by Crippen LogP contribution is 2.39. The Bertz CT molecular complexity index is 422. The summed E-state index contributed by atoms with van der Waals surface area (Å²) in [6.45, 7) is 3.86. The van der Waals surface area contributed by atoms with Crippen molar-refractivity contribution in [3.8, 4) is 0 Å².